The van der Waals surface area contributed by atoms with Crippen molar-refractivity contribution in [3.05, 3.63) is 71.8 Å². The SMILES string of the molecule is CC[C@]12C(=O)N(C)CC(C3C(=O)N(Cc4ccccc4)C(=O)C31)N2C(=O)c1ccccc1. The van der Waals surface area contributed by atoms with Gasteiger partial charge in [0.1, 0.15) is 5.54 Å². The normalized spacial score (nSPS) is 29.0. The predicted molar refractivity (Wildman–Crippen MR) is 116 cm³/mol. The van der Waals surface area contributed by atoms with Crippen molar-refractivity contribution >= 4 is 23.6 Å². The predicted octanol–water partition coefficient (Wildman–Crippen LogP) is 1.93. The van der Waals surface area contributed by atoms with Crippen LogP contribution in [0.15, 0.2) is 60.7 Å². The lowest BCUT2D eigenvalue weighted by molar-refractivity contribution is -0.155. The number of imide groups is 1. The minimum atomic E-state index is -1.35. The standard InChI is InChI=1S/C25H25N3O4/c1-3-25-20-19(22(30)27(23(20)31)14-16-10-6-4-7-11-16)18(15-26(2)24(25)32)28(25)21(29)17-12-8-5-9-13-17/h4-13,18-20H,3,14-15H2,1-2H3/t18?,19?,20?,25-/m1/s1. The second kappa shape index (κ2) is 7.29. The average Bonchev–Trinajstić information content (AvgIpc) is 3.21. The fourth-order valence-electron chi connectivity index (χ4n) is 5.89. The minimum absolute atomic E-state index is 0.175. The van der Waals surface area contributed by atoms with Crippen LogP contribution in [0.2, 0.25) is 0 Å². The molecule has 3 fully saturated rings. The second-order valence-electron chi connectivity index (χ2n) is 8.82. The highest BCUT2D eigenvalue weighted by Gasteiger charge is 2.74. The van der Waals surface area contributed by atoms with Crippen molar-refractivity contribution in [2.75, 3.05) is 13.6 Å². The molecule has 3 aliphatic rings. The van der Waals surface area contributed by atoms with Gasteiger partial charge in [-0.1, -0.05) is 55.5 Å². The van der Waals surface area contributed by atoms with Crippen molar-refractivity contribution in [1.82, 2.24) is 14.7 Å². The summed E-state index contributed by atoms with van der Waals surface area (Å²) in [6.07, 6.45) is 0.268. The zero-order valence-electron chi connectivity index (χ0n) is 18.1. The van der Waals surface area contributed by atoms with Crippen molar-refractivity contribution < 1.29 is 19.2 Å². The van der Waals surface area contributed by atoms with Crippen LogP contribution in [-0.4, -0.2) is 63.5 Å². The molecule has 164 valence electrons. The van der Waals surface area contributed by atoms with Gasteiger partial charge in [-0.25, -0.2) is 0 Å². The number of likely N-dealkylation sites (tertiary alicyclic amines) is 2. The number of hydrogen-bond donors (Lipinski definition) is 0. The van der Waals surface area contributed by atoms with Crippen molar-refractivity contribution in [3.63, 3.8) is 0 Å². The lowest BCUT2D eigenvalue weighted by Crippen LogP contribution is -2.68. The number of amides is 4. The first-order valence-corrected chi connectivity index (χ1v) is 10.9. The molecule has 0 radical (unpaired) electrons. The van der Waals surface area contributed by atoms with Crippen LogP contribution in [0.1, 0.15) is 29.3 Å². The smallest absolute Gasteiger partial charge is 0.255 e. The second-order valence-corrected chi connectivity index (χ2v) is 8.82. The van der Waals surface area contributed by atoms with Crippen molar-refractivity contribution in [3.8, 4) is 0 Å². The molecular formula is C25H25N3O4. The molecule has 7 heteroatoms. The summed E-state index contributed by atoms with van der Waals surface area (Å²) in [4.78, 5) is 58.8. The van der Waals surface area contributed by atoms with Gasteiger partial charge in [0.05, 0.1) is 24.4 Å². The number of piperazine rings is 1. The topological polar surface area (TPSA) is 78.0 Å². The first kappa shape index (κ1) is 20.4. The van der Waals surface area contributed by atoms with Crippen LogP contribution < -0.4 is 0 Å². The van der Waals surface area contributed by atoms with Crippen LogP contribution in [0.4, 0.5) is 0 Å². The molecule has 2 aromatic rings. The minimum Gasteiger partial charge on any atom is -0.342 e. The Morgan fingerprint density at radius 1 is 0.969 bits per heavy atom. The Bertz CT molecular complexity index is 1100. The Morgan fingerprint density at radius 3 is 2.22 bits per heavy atom. The molecule has 3 unspecified atom stereocenters. The van der Waals surface area contributed by atoms with E-state index in [1.165, 1.54) is 4.90 Å². The molecule has 2 aromatic carbocycles. The Hall–Kier alpha value is -3.48. The zero-order chi connectivity index (χ0) is 22.6. The molecule has 0 aliphatic carbocycles. The molecule has 3 heterocycles. The molecular weight excluding hydrogens is 406 g/mol. The largest absolute Gasteiger partial charge is 0.342 e. The van der Waals surface area contributed by atoms with E-state index in [2.05, 4.69) is 0 Å². The van der Waals surface area contributed by atoms with Gasteiger partial charge < -0.3 is 9.80 Å². The molecule has 32 heavy (non-hydrogen) atoms. The maximum absolute atomic E-state index is 13.7. The Kier molecular flexibility index (Phi) is 4.65. The molecule has 0 saturated carbocycles. The number of rotatable bonds is 4. The van der Waals surface area contributed by atoms with E-state index in [-0.39, 0.29) is 43.1 Å². The highest BCUT2D eigenvalue weighted by Crippen LogP contribution is 2.54. The summed E-state index contributed by atoms with van der Waals surface area (Å²) in [5.74, 6) is -2.80. The van der Waals surface area contributed by atoms with Gasteiger partial charge in [0, 0.05) is 19.2 Å². The van der Waals surface area contributed by atoms with E-state index in [9.17, 15) is 19.2 Å². The summed E-state index contributed by atoms with van der Waals surface area (Å²) in [7, 11) is 1.68. The first-order chi connectivity index (χ1) is 15.4. The number of carbonyl (C=O) groups excluding carboxylic acids is 4. The van der Waals surface area contributed by atoms with Crippen molar-refractivity contribution in [2.24, 2.45) is 11.8 Å². The number of fused-ring (bicyclic) bond motifs is 5. The Morgan fingerprint density at radius 2 is 1.59 bits per heavy atom. The summed E-state index contributed by atoms with van der Waals surface area (Å²) >= 11 is 0. The van der Waals surface area contributed by atoms with Gasteiger partial charge >= 0.3 is 0 Å². The third-order valence-corrected chi connectivity index (χ3v) is 7.27. The maximum atomic E-state index is 13.7. The van der Waals surface area contributed by atoms with Crippen molar-refractivity contribution in [1.29, 1.82) is 0 Å². The molecule has 4 amide bonds. The third kappa shape index (κ3) is 2.60. The lowest BCUT2D eigenvalue weighted by atomic mass is 9.78. The molecule has 4 atom stereocenters. The van der Waals surface area contributed by atoms with Crippen LogP contribution in [0.25, 0.3) is 0 Å². The van der Waals surface area contributed by atoms with Crippen molar-refractivity contribution in [2.45, 2.75) is 31.5 Å². The summed E-state index contributed by atoms with van der Waals surface area (Å²) < 4.78 is 0. The molecule has 2 bridgehead atoms. The average molecular weight is 431 g/mol. The van der Waals surface area contributed by atoms with Gasteiger partial charge in [0.2, 0.25) is 17.7 Å². The molecule has 3 saturated heterocycles. The number of benzene rings is 2. The van der Waals surface area contributed by atoms with E-state index < -0.39 is 23.4 Å². The molecule has 7 nitrogen and oxygen atoms in total. The van der Waals surface area contributed by atoms with Gasteiger partial charge in [-0.05, 0) is 24.1 Å². The Balaban J connectivity index is 1.59. The van der Waals surface area contributed by atoms with E-state index in [1.807, 2.05) is 43.3 Å². The number of carbonyl (C=O) groups is 4. The third-order valence-electron chi connectivity index (χ3n) is 7.27. The van der Waals surface area contributed by atoms with Gasteiger partial charge in [-0.2, -0.15) is 0 Å². The number of hydrogen-bond acceptors (Lipinski definition) is 4. The van der Waals surface area contributed by atoms with E-state index in [1.54, 1.807) is 41.1 Å². The van der Waals surface area contributed by atoms with E-state index in [4.69, 9.17) is 0 Å². The number of nitrogens with zero attached hydrogens (tertiary/aromatic N) is 3. The monoisotopic (exact) mass is 431 g/mol. The van der Waals surface area contributed by atoms with Gasteiger partial charge in [0.15, 0.2) is 0 Å². The summed E-state index contributed by atoms with van der Waals surface area (Å²) in [5, 5.41) is 0. The van der Waals surface area contributed by atoms with E-state index >= 15 is 0 Å². The maximum Gasteiger partial charge on any atom is 0.255 e. The number of likely N-dealkylation sites (N-methyl/N-ethyl adjacent to an activating group) is 1. The van der Waals surface area contributed by atoms with Gasteiger partial charge in [0.25, 0.3) is 5.91 Å². The first-order valence-electron chi connectivity index (χ1n) is 10.9. The fraction of sp³-hybridized carbons (Fsp3) is 0.360. The Labute approximate surface area is 186 Å². The summed E-state index contributed by atoms with van der Waals surface area (Å²) in [6, 6.07) is 17.6. The van der Waals surface area contributed by atoms with Gasteiger partial charge in [-0.3, -0.25) is 24.1 Å². The molecule has 0 aromatic heterocycles. The highest BCUT2D eigenvalue weighted by atomic mass is 16.2. The zero-order valence-corrected chi connectivity index (χ0v) is 18.1. The summed E-state index contributed by atoms with van der Waals surface area (Å²) in [5.41, 5.74) is -0.0489. The molecule has 0 N–H and O–H groups in total. The van der Waals surface area contributed by atoms with Crippen LogP contribution in [0.5, 0.6) is 0 Å². The lowest BCUT2D eigenvalue weighted by Gasteiger charge is -2.48. The fourth-order valence-corrected chi connectivity index (χ4v) is 5.89. The van der Waals surface area contributed by atoms with E-state index in [0.29, 0.717) is 5.56 Å². The highest BCUT2D eigenvalue weighted by molar-refractivity contribution is 6.13. The molecule has 5 rings (SSSR count). The van der Waals surface area contributed by atoms with Crippen LogP contribution in [0, 0.1) is 11.8 Å². The van der Waals surface area contributed by atoms with Gasteiger partial charge in [-0.15, -0.1) is 0 Å². The van der Waals surface area contributed by atoms with Crippen LogP contribution in [0.3, 0.4) is 0 Å². The molecule has 0 spiro atoms. The van der Waals surface area contributed by atoms with Crippen LogP contribution in [-0.2, 0) is 20.9 Å². The van der Waals surface area contributed by atoms with E-state index in [0.717, 1.165) is 5.56 Å². The van der Waals surface area contributed by atoms with Crippen LogP contribution >= 0.6 is 0 Å². The summed E-state index contributed by atoms with van der Waals surface area (Å²) in [6.45, 7) is 2.23. The quantitative estimate of drug-likeness (QED) is 0.693. The molecule has 3 aliphatic heterocycles.